The van der Waals surface area contributed by atoms with Crippen molar-refractivity contribution in [3.8, 4) is 0 Å². The fourth-order valence-corrected chi connectivity index (χ4v) is 3.49. The van der Waals surface area contributed by atoms with E-state index >= 15 is 0 Å². The second kappa shape index (κ2) is 8.64. The van der Waals surface area contributed by atoms with Crippen LogP contribution in [0.3, 0.4) is 0 Å². The minimum Gasteiger partial charge on any atom is -0.302 e. The van der Waals surface area contributed by atoms with Crippen molar-refractivity contribution >= 4 is 15.6 Å². The van der Waals surface area contributed by atoms with E-state index in [2.05, 4.69) is 13.4 Å². The Labute approximate surface area is 120 Å². The molecule has 0 aromatic heterocycles. The largest absolute Gasteiger partial charge is 0.481 e. The van der Waals surface area contributed by atoms with Crippen molar-refractivity contribution in [3.05, 3.63) is 0 Å². The van der Waals surface area contributed by atoms with Gasteiger partial charge in [-0.1, -0.05) is 47.0 Å². The molecule has 0 aliphatic carbocycles. The lowest BCUT2D eigenvalue weighted by Crippen LogP contribution is -2.14. The van der Waals surface area contributed by atoms with Gasteiger partial charge in [-0.2, -0.15) is 4.31 Å². The third kappa shape index (κ3) is 12.0. The number of rotatable bonds is 10. The van der Waals surface area contributed by atoms with E-state index in [4.69, 9.17) is 0 Å². The number of hydrogen-bond acceptors (Lipinski definition) is 5. The van der Waals surface area contributed by atoms with E-state index < -0.39 is 15.6 Å². The summed E-state index contributed by atoms with van der Waals surface area (Å²) in [6.07, 6.45) is 3.46. The molecule has 0 amide bonds. The SMILES string of the molecule is CCCCCCOP(=O)(O)OP(=O)(O)OCC(C)(C)C. The van der Waals surface area contributed by atoms with Gasteiger partial charge in [0.1, 0.15) is 0 Å². The van der Waals surface area contributed by atoms with Crippen LogP contribution in [0.15, 0.2) is 0 Å². The molecule has 122 valence electrons. The molecular formula is C11H26O7P2. The van der Waals surface area contributed by atoms with Crippen molar-refractivity contribution in [3.63, 3.8) is 0 Å². The fraction of sp³-hybridized carbons (Fsp3) is 1.00. The Morgan fingerprint density at radius 1 is 0.950 bits per heavy atom. The summed E-state index contributed by atoms with van der Waals surface area (Å²) in [4.78, 5) is 18.7. The van der Waals surface area contributed by atoms with Gasteiger partial charge < -0.3 is 9.79 Å². The van der Waals surface area contributed by atoms with Crippen molar-refractivity contribution in [2.75, 3.05) is 13.2 Å². The highest BCUT2D eigenvalue weighted by Crippen LogP contribution is 2.60. The van der Waals surface area contributed by atoms with E-state index in [-0.39, 0.29) is 18.6 Å². The van der Waals surface area contributed by atoms with E-state index in [9.17, 15) is 18.9 Å². The summed E-state index contributed by atoms with van der Waals surface area (Å²) in [5.41, 5.74) is -0.373. The minimum atomic E-state index is -4.61. The molecule has 0 aliphatic rings. The Morgan fingerprint density at radius 3 is 2.00 bits per heavy atom. The van der Waals surface area contributed by atoms with Crippen LogP contribution in [0.2, 0.25) is 0 Å². The van der Waals surface area contributed by atoms with Crippen LogP contribution in [-0.4, -0.2) is 23.0 Å². The zero-order valence-electron chi connectivity index (χ0n) is 12.6. The Hall–Kier alpha value is 0.260. The lowest BCUT2D eigenvalue weighted by molar-refractivity contribution is 0.122. The van der Waals surface area contributed by atoms with Crippen LogP contribution in [0.4, 0.5) is 0 Å². The molecule has 0 aliphatic heterocycles. The van der Waals surface area contributed by atoms with Crippen molar-refractivity contribution in [2.45, 2.75) is 53.4 Å². The molecule has 0 rings (SSSR count). The first-order chi connectivity index (χ1) is 8.97. The normalized spacial score (nSPS) is 18.5. The van der Waals surface area contributed by atoms with Gasteiger partial charge in [-0.15, -0.1) is 0 Å². The zero-order valence-corrected chi connectivity index (χ0v) is 14.4. The molecule has 0 aromatic carbocycles. The molecular weight excluding hydrogens is 306 g/mol. The maximum atomic E-state index is 11.5. The molecule has 20 heavy (non-hydrogen) atoms. The number of hydrogen-bond donors (Lipinski definition) is 2. The van der Waals surface area contributed by atoms with Crippen LogP contribution in [-0.2, 0) is 22.5 Å². The van der Waals surface area contributed by atoms with Crippen LogP contribution in [0, 0.1) is 5.41 Å². The van der Waals surface area contributed by atoms with E-state index in [1.54, 1.807) is 20.8 Å². The standard InChI is InChI=1S/C11H26O7P2/c1-5-6-7-8-9-16-19(12,13)18-20(14,15)17-10-11(2,3)4/h5-10H2,1-4H3,(H,12,13)(H,14,15). The Morgan fingerprint density at radius 2 is 1.50 bits per heavy atom. The average molecular weight is 332 g/mol. The summed E-state index contributed by atoms with van der Waals surface area (Å²) in [6.45, 7) is 7.31. The summed E-state index contributed by atoms with van der Waals surface area (Å²) in [5, 5.41) is 0. The van der Waals surface area contributed by atoms with Gasteiger partial charge in [-0.25, -0.2) is 9.13 Å². The maximum absolute atomic E-state index is 11.5. The van der Waals surface area contributed by atoms with Crippen LogP contribution < -0.4 is 0 Å². The van der Waals surface area contributed by atoms with Gasteiger partial charge in [-0.3, -0.25) is 9.05 Å². The van der Waals surface area contributed by atoms with Gasteiger partial charge in [0.05, 0.1) is 13.2 Å². The van der Waals surface area contributed by atoms with Crippen LogP contribution in [0.5, 0.6) is 0 Å². The van der Waals surface area contributed by atoms with E-state index in [1.807, 2.05) is 6.92 Å². The third-order valence-electron chi connectivity index (χ3n) is 2.12. The Bertz CT molecular complexity index is 364. The van der Waals surface area contributed by atoms with Gasteiger partial charge in [0.2, 0.25) is 0 Å². The first kappa shape index (κ1) is 20.3. The monoisotopic (exact) mass is 332 g/mol. The Kier molecular flexibility index (Phi) is 8.75. The summed E-state index contributed by atoms with van der Waals surface area (Å²) in [7, 11) is -9.19. The van der Waals surface area contributed by atoms with Crippen LogP contribution in [0.1, 0.15) is 53.4 Å². The summed E-state index contributed by atoms with van der Waals surface area (Å²) in [5.74, 6) is 0. The highest BCUT2D eigenvalue weighted by Gasteiger charge is 2.36. The van der Waals surface area contributed by atoms with Crippen molar-refractivity contribution < 1.29 is 32.3 Å². The molecule has 0 spiro atoms. The second-order valence-electron chi connectivity index (χ2n) is 5.75. The predicted octanol–water partition coefficient (Wildman–Crippen LogP) is 3.86. The molecule has 7 nitrogen and oxygen atoms in total. The predicted molar refractivity (Wildman–Crippen MR) is 76.2 cm³/mol. The molecule has 0 radical (unpaired) electrons. The highest BCUT2D eigenvalue weighted by atomic mass is 31.3. The van der Waals surface area contributed by atoms with E-state index in [0.29, 0.717) is 6.42 Å². The smallest absolute Gasteiger partial charge is 0.302 e. The molecule has 2 unspecified atom stereocenters. The molecule has 0 heterocycles. The summed E-state index contributed by atoms with van der Waals surface area (Å²) >= 11 is 0. The number of phosphoric acid groups is 2. The molecule has 2 atom stereocenters. The molecule has 0 saturated carbocycles. The minimum absolute atomic E-state index is 0.00690. The van der Waals surface area contributed by atoms with Gasteiger partial charge in [0.25, 0.3) is 0 Å². The summed E-state index contributed by atoms with van der Waals surface area (Å²) in [6, 6.07) is 0. The van der Waals surface area contributed by atoms with Crippen molar-refractivity contribution in [1.82, 2.24) is 0 Å². The molecule has 0 aromatic rings. The molecule has 2 N–H and O–H groups in total. The van der Waals surface area contributed by atoms with E-state index in [1.165, 1.54) is 0 Å². The van der Waals surface area contributed by atoms with Gasteiger partial charge in [-0.05, 0) is 11.8 Å². The van der Waals surface area contributed by atoms with Crippen LogP contribution >= 0.6 is 15.6 Å². The first-order valence-corrected chi connectivity index (χ1v) is 9.62. The fourth-order valence-electron chi connectivity index (χ4n) is 1.16. The first-order valence-electron chi connectivity index (χ1n) is 6.63. The number of unbranched alkanes of at least 4 members (excludes halogenated alkanes) is 3. The van der Waals surface area contributed by atoms with Gasteiger partial charge in [0, 0.05) is 0 Å². The number of phosphoric ester groups is 2. The van der Waals surface area contributed by atoms with Crippen LogP contribution in [0.25, 0.3) is 0 Å². The van der Waals surface area contributed by atoms with Crippen molar-refractivity contribution in [1.29, 1.82) is 0 Å². The highest BCUT2D eigenvalue weighted by molar-refractivity contribution is 7.61. The second-order valence-corrected chi connectivity index (χ2v) is 8.79. The maximum Gasteiger partial charge on any atom is 0.481 e. The van der Waals surface area contributed by atoms with Gasteiger partial charge >= 0.3 is 15.6 Å². The quantitative estimate of drug-likeness (QED) is 0.462. The van der Waals surface area contributed by atoms with Gasteiger partial charge in [0.15, 0.2) is 0 Å². The molecule has 0 bridgehead atoms. The molecule has 0 saturated heterocycles. The zero-order chi connectivity index (χ0) is 15.9. The lowest BCUT2D eigenvalue weighted by Gasteiger charge is -2.21. The topological polar surface area (TPSA) is 102 Å². The third-order valence-corrected chi connectivity index (χ3v) is 4.73. The molecule has 9 heteroatoms. The van der Waals surface area contributed by atoms with Crippen molar-refractivity contribution in [2.24, 2.45) is 5.41 Å². The summed E-state index contributed by atoms with van der Waals surface area (Å²) < 4.78 is 36.5. The van der Waals surface area contributed by atoms with E-state index in [0.717, 1.165) is 19.3 Å². The lowest BCUT2D eigenvalue weighted by atomic mass is 9.99. The average Bonchev–Trinajstić information content (AvgIpc) is 2.24. The molecule has 0 fully saturated rings. The Balaban J connectivity index is 4.16.